The van der Waals surface area contributed by atoms with E-state index in [-0.39, 0.29) is 31.1 Å². The molecule has 0 heterocycles. The van der Waals surface area contributed by atoms with Crippen molar-refractivity contribution in [2.75, 3.05) is 13.2 Å². The standard InChI is InChI=1S/C56H100O6/c1-4-7-10-13-16-19-22-25-27-28-30-32-35-37-40-43-46-49-55(58)61-52-53(62-56(59)50-47-44-41-38-33-24-21-18-15-12-9-6-3)51-60-54(57)48-45-42-39-36-34-31-29-26-23-20-17-14-11-8-5-2/h7,10,16,19,25,27,30,32,53H,4-6,8-9,11-15,17-18,20-24,26,28-29,31,33-52H2,1-3H3/b10-7-,19-16-,27-25-,32-30-/t53-/m0/s1. The highest BCUT2D eigenvalue weighted by Crippen LogP contribution is 2.16. The van der Waals surface area contributed by atoms with Gasteiger partial charge in [-0.05, 0) is 57.8 Å². The minimum Gasteiger partial charge on any atom is -0.462 e. The van der Waals surface area contributed by atoms with E-state index >= 15 is 0 Å². The third-order valence-electron chi connectivity index (χ3n) is 11.6. The molecule has 0 radical (unpaired) electrons. The van der Waals surface area contributed by atoms with E-state index in [1.807, 2.05) is 0 Å². The van der Waals surface area contributed by atoms with Gasteiger partial charge in [-0.25, -0.2) is 0 Å². The minimum atomic E-state index is -0.778. The fourth-order valence-corrected chi connectivity index (χ4v) is 7.61. The molecule has 0 saturated heterocycles. The zero-order chi connectivity index (χ0) is 45.1. The summed E-state index contributed by atoms with van der Waals surface area (Å²) < 4.78 is 16.8. The van der Waals surface area contributed by atoms with Crippen molar-refractivity contribution >= 4 is 17.9 Å². The van der Waals surface area contributed by atoms with Crippen LogP contribution in [0.25, 0.3) is 0 Å². The molecule has 6 heteroatoms. The number of carbonyl (C=O) groups is 3. The monoisotopic (exact) mass is 869 g/mol. The number of hydrogen-bond donors (Lipinski definition) is 0. The normalized spacial score (nSPS) is 12.4. The van der Waals surface area contributed by atoms with E-state index in [0.29, 0.717) is 19.3 Å². The summed E-state index contributed by atoms with van der Waals surface area (Å²) in [5.74, 6) is -0.891. The number of ether oxygens (including phenoxy) is 3. The van der Waals surface area contributed by atoms with Crippen LogP contribution in [0, 0.1) is 0 Å². The summed E-state index contributed by atoms with van der Waals surface area (Å²) in [6.07, 6.45) is 60.9. The van der Waals surface area contributed by atoms with Crippen LogP contribution >= 0.6 is 0 Å². The van der Waals surface area contributed by atoms with E-state index in [4.69, 9.17) is 14.2 Å². The van der Waals surface area contributed by atoms with E-state index in [1.54, 1.807) is 0 Å². The summed E-state index contributed by atoms with van der Waals surface area (Å²) in [5.41, 5.74) is 0. The molecular weight excluding hydrogens is 769 g/mol. The molecular formula is C56H100O6. The highest BCUT2D eigenvalue weighted by Gasteiger charge is 2.19. The van der Waals surface area contributed by atoms with E-state index in [2.05, 4.69) is 69.4 Å². The molecule has 0 aliphatic carbocycles. The molecule has 0 aromatic heterocycles. The highest BCUT2D eigenvalue weighted by molar-refractivity contribution is 5.71. The molecule has 0 N–H and O–H groups in total. The van der Waals surface area contributed by atoms with Crippen molar-refractivity contribution in [2.45, 2.75) is 277 Å². The van der Waals surface area contributed by atoms with Gasteiger partial charge in [0, 0.05) is 19.3 Å². The Labute approximate surface area is 384 Å². The van der Waals surface area contributed by atoms with Crippen molar-refractivity contribution in [3.63, 3.8) is 0 Å². The molecule has 0 saturated carbocycles. The second-order valence-electron chi connectivity index (χ2n) is 17.8. The third-order valence-corrected chi connectivity index (χ3v) is 11.6. The maximum absolute atomic E-state index is 12.8. The lowest BCUT2D eigenvalue weighted by molar-refractivity contribution is -0.167. The van der Waals surface area contributed by atoms with Gasteiger partial charge in [-0.3, -0.25) is 14.4 Å². The van der Waals surface area contributed by atoms with Crippen molar-refractivity contribution in [3.8, 4) is 0 Å². The average molecular weight is 869 g/mol. The lowest BCUT2D eigenvalue weighted by atomic mass is 10.0. The largest absolute Gasteiger partial charge is 0.462 e. The Bertz CT molecular complexity index is 1090. The summed E-state index contributed by atoms with van der Waals surface area (Å²) in [7, 11) is 0. The third kappa shape index (κ3) is 48.4. The quantitative estimate of drug-likeness (QED) is 0.0262. The molecule has 0 unspecified atom stereocenters. The van der Waals surface area contributed by atoms with E-state index in [1.165, 1.54) is 135 Å². The number of allylic oxidation sites excluding steroid dienone is 8. The van der Waals surface area contributed by atoms with Gasteiger partial charge < -0.3 is 14.2 Å². The predicted molar refractivity (Wildman–Crippen MR) is 265 cm³/mol. The minimum absolute atomic E-state index is 0.0770. The fraction of sp³-hybridized carbons (Fsp3) is 0.804. The molecule has 62 heavy (non-hydrogen) atoms. The first-order chi connectivity index (χ1) is 30.5. The van der Waals surface area contributed by atoms with Crippen molar-refractivity contribution in [1.29, 1.82) is 0 Å². The van der Waals surface area contributed by atoms with Gasteiger partial charge in [0.05, 0.1) is 0 Å². The molecule has 0 aromatic carbocycles. The van der Waals surface area contributed by atoms with Gasteiger partial charge in [0.15, 0.2) is 6.10 Å². The van der Waals surface area contributed by atoms with Gasteiger partial charge in [0.25, 0.3) is 0 Å². The van der Waals surface area contributed by atoms with E-state index in [0.717, 1.165) is 96.3 Å². The van der Waals surface area contributed by atoms with Crippen LogP contribution in [0.5, 0.6) is 0 Å². The van der Waals surface area contributed by atoms with Gasteiger partial charge in [-0.1, -0.05) is 243 Å². The molecule has 0 aromatic rings. The van der Waals surface area contributed by atoms with Crippen LogP contribution in [0.1, 0.15) is 271 Å². The van der Waals surface area contributed by atoms with Gasteiger partial charge in [0.2, 0.25) is 0 Å². The summed E-state index contributed by atoms with van der Waals surface area (Å²) in [4.78, 5) is 38.0. The number of esters is 3. The number of hydrogen-bond acceptors (Lipinski definition) is 6. The van der Waals surface area contributed by atoms with Crippen molar-refractivity contribution in [1.82, 2.24) is 0 Å². The molecule has 0 aliphatic heterocycles. The smallest absolute Gasteiger partial charge is 0.306 e. The zero-order valence-corrected chi connectivity index (χ0v) is 41.1. The summed E-state index contributed by atoms with van der Waals surface area (Å²) in [6, 6.07) is 0. The molecule has 0 fully saturated rings. The van der Waals surface area contributed by atoms with Gasteiger partial charge in [0.1, 0.15) is 13.2 Å². The Morgan fingerprint density at radius 1 is 0.339 bits per heavy atom. The second-order valence-corrected chi connectivity index (χ2v) is 17.8. The van der Waals surface area contributed by atoms with Crippen LogP contribution in [0.3, 0.4) is 0 Å². The Morgan fingerprint density at radius 2 is 0.629 bits per heavy atom. The molecule has 0 bridgehead atoms. The summed E-state index contributed by atoms with van der Waals surface area (Å²) in [6.45, 7) is 6.52. The van der Waals surface area contributed by atoms with Crippen LogP contribution in [-0.2, 0) is 28.6 Å². The summed E-state index contributed by atoms with van der Waals surface area (Å²) >= 11 is 0. The Balaban J connectivity index is 4.37. The molecule has 0 rings (SSSR count). The Kier molecular flexibility index (Phi) is 48.8. The molecule has 360 valence electrons. The van der Waals surface area contributed by atoms with Gasteiger partial charge >= 0.3 is 17.9 Å². The first-order valence-corrected chi connectivity index (χ1v) is 26.6. The number of unbranched alkanes of at least 4 members (excludes halogenated alkanes) is 29. The van der Waals surface area contributed by atoms with Crippen LogP contribution in [0.15, 0.2) is 48.6 Å². The van der Waals surface area contributed by atoms with Crippen LogP contribution in [0.2, 0.25) is 0 Å². The van der Waals surface area contributed by atoms with Gasteiger partial charge in [-0.15, -0.1) is 0 Å². The molecule has 0 aliphatic rings. The fourth-order valence-electron chi connectivity index (χ4n) is 7.61. The first kappa shape index (κ1) is 59.4. The topological polar surface area (TPSA) is 78.9 Å². The van der Waals surface area contributed by atoms with Crippen molar-refractivity contribution in [3.05, 3.63) is 48.6 Å². The van der Waals surface area contributed by atoms with Crippen molar-refractivity contribution in [2.24, 2.45) is 0 Å². The lowest BCUT2D eigenvalue weighted by Crippen LogP contribution is -2.30. The Morgan fingerprint density at radius 3 is 0.984 bits per heavy atom. The number of carbonyl (C=O) groups excluding carboxylic acids is 3. The van der Waals surface area contributed by atoms with Crippen molar-refractivity contribution < 1.29 is 28.6 Å². The maximum Gasteiger partial charge on any atom is 0.306 e. The molecule has 0 amide bonds. The van der Waals surface area contributed by atoms with Crippen LogP contribution in [-0.4, -0.2) is 37.2 Å². The maximum atomic E-state index is 12.8. The lowest BCUT2D eigenvalue weighted by Gasteiger charge is -2.18. The SMILES string of the molecule is CC/C=C\C/C=C\C/C=C\C/C=C\CCCCCCC(=O)OC[C@H](COC(=O)CCCCCCCCCCCCCCCCC)OC(=O)CCCCCCCCCCCCCC. The molecule has 6 nitrogen and oxygen atoms in total. The molecule has 0 spiro atoms. The molecule has 1 atom stereocenters. The van der Waals surface area contributed by atoms with E-state index < -0.39 is 6.10 Å². The highest BCUT2D eigenvalue weighted by atomic mass is 16.6. The van der Waals surface area contributed by atoms with Crippen LogP contribution in [0.4, 0.5) is 0 Å². The van der Waals surface area contributed by atoms with Crippen LogP contribution < -0.4 is 0 Å². The number of rotatable bonds is 48. The second kappa shape index (κ2) is 51.0. The average Bonchev–Trinajstić information content (AvgIpc) is 3.27. The summed E-state index contributed by atoms with van der Waals surface area (Å²) in [5, 5.41) is 0. The first-order valence-electron chi connectivity index (χ1n) is 26.6. The zero-order valence-electron chi connectivity index (χ0n) is 41.1. The Hall–Kier alpha value is -2.63. The van der Waals surface area contributed by atoms with E-state index in [9.17, 15) is 14.4 Å². The van der Waals surface area contributed by atoms with Gasteiger partial charge in [-0.2, -0.15) is 0 Å². The predicted octanol–water partition coefficient (Wildman–Crippen LogP) is 17.5.